The molecular formula is C20H15BrClNO2. The van der Waals surface area contributed by atoms with E-state index in [1.165, 1.54) is 0 Å². The monoisotopic (exact) mass is 415 g/mol. The summed E-state index contributed by atoms with van der Waals surface area (Å²) in [4.78, 5) is 28.2. The second-order valence-corrected chi connectivity index (χ2v) is 7.04. The zero-order valence-corrected chi connectivity index (χ0v) is 16.0. The average Bonchev–Trinajstić information content (AvgIpc) is 2.60. The van der Waals surface area contributed by atoms with Gasteiger partial charge in [0.15, 0.2) is 5.78 Å². The number of benzene rings is 2. The minimum atomic E-state index is -0.0843. The van der Waals surface area contributed by atoms with Crippen LogP contribution in [0.5, 0.6) is 0 Å². The first-order valence-electron chi connectivity index (χ1n) is 7.68. The SMILES string of the molecule is Cc1[nH]c(C)c(-c2ccc(C(=O)c3ccc(Cl)cc3)cc2)c(=O)c1Br. The first-order valence-corrected chi connectivity index (χ1v) is 8.85. The van der Waals surface area contributed by atoms with E-state index in [0.717, 1.165) is 17.0 Å². The standard InChI is InChI=1S/C20H15BrClNO2/c1-11-17(20(25)18(21)12(2)23-11)13-3-5-14(6-4-13)19(24)15-7-9-16(22)10-8-15/h3-10H,1-2H3,(H,23,25). The van der Waals surface area contributed by atoms with Gasteiger partial charge in [0, 0.05) is 33.1 Å². The maximum Gasteiger partial charge on any atom is 0.204 e. The number of hydrogen-bond donors (Lipinski definition) is 1. The first kappa shape index (κ1) is 17.6. The summed E-state index contributed by atoms with van der Waals surface area (Å²) >= 11 is 9.18. The molecule has 0 aliphatic heterocycles. The molecule has 3 aromatic rings. The molecule has 0 saturated carbocycles. The quantitative estimate of drug-likeness (QED) is 0.589. The molecule has 2 aromatic carbocycles. The molecule has 0 fully saturated rings. The Hall–Kier alpha value is -2.17. The molecule has 0 spiro atoms. The maximum absolute atomic E-state index is 12.5. The number of pyridine rings is 1. The molecule has 25 heavy (non-hydrogen) atoms. The number of aromatic nitrogens is 1. The van der Waals surface area contributed by atoms with Crippen LogP contribution in [-0.4, -0.2) is 10.8 Å². The van der Waals surface area contributed by atoms with E-state index in [0.29, 0.717) is 26.2 Å². The van der Waals surface area contributed by atoms with Gasteiger partial charge >= 0.3 is 0 Å². The fourth-order valence-electron chi connectivity index (χ4n) is 2.75. The molecule has 1 aromatic heterocycles. The Kier molecular flexibility index (Phi) is 4.93. The Bertz CT molecular complexity index is 1010. The Balaban J connectivity index is 1.99. The van der Waals surface area contributed by atoms with E-state index < -0.39 is 0 Å². The van der Waals surface area contributed by atoms with Crippen molar-refractivity contribution < 1.29 is 4.79 Å². The molecule has 1 heterocycles. The Morgan fingerprint density at radius 3 is 2.00 bits per heavy atom. The molecule has 0 amide bonds. The molecule has 3 nitrogen and oxygen atoms in total. The van der Waals surface area contributed by atoms with E-state index in [-0.39, 0.29) is 11.2 Å². The van der Waals surface area contributed by atoms with Crippen molar-refractivity contribution in [1.29, 1.82) is 0 Å². The van der Waals surface area contributed by atoms with E-state index in [9.17, 15) is 9.59 Å². The fourth-order valence-corrected chi connectivity index (χ4v) is 3.18. The lowest BCUT2D eigenvalue weighted by atomic mass is 9.98. The zero-order valence-electron chi connectivity index (χ0n) is 13.7. The maximum atomic E-state index is 12.5. The van der Waals surface area contributed by atoms with Crippen LogP contribution < -0.4 is 5.43 Å². The van der Waals surface area contributed by atoms with Gasteiger partial charge in [-0.1, -0.05) is 35.9 Å². The Labute approximate surface area is 158 Å². The molecule has 0 aliphatic rings. The number of aromatic amines is 1. The highest BCUT2D eigenvalue weighted by molar-refractivity contribution is 9.10. The van der Waals surface area contributed by atoms with Crippen LogP contribution in [0.1, 0.15) is 27.3 Å². The molecule has 0 unspecified atom stereocenters. The van der Waals surface area contributed by atoms with Crippen molar-refractivity contribution in [2.45, 2.75) is 13.8 Å². The van der Waals surface area contributed by atoms with E-state index in [1.807, 2.05) is 13.8 Å². The van der Waals surface area contributed by atoms with Crippen LogP contribution in [-0.2, 0) is 0 Å². The van der Waals surface area contributed by atoms with Gasteiger partial charge in [0.1, 0.15) is 0 Å². The molecule has 0 saturated heterocycles. The van der Waals surface area contributed by atoms with Gasteiger partial charge in [-0.15, -0.1) is 0 Å². The van der Waals surface area contributed by atoms with E-state index in [4.69, 9.17) is 11.6 Å². The third-order valence-electron chi connectivity index (χ3n) is 4.05. The predicted octanol–water partition coefficient (Wildman–Crippen LogP) is 5.31. The van der Waals surface area contributed by atoms with E-state index in [2.05, 4.69) is 20.9 Å². The highest BCUT2D eigenvalue weighted by atomic mass is 79.9. The highest BCUT2D eigenvalue weighted by Crippen LogP contribution is 2.23. The van der Waals surface area contributed by atoms with Crippen molar-refractivity contribution in [1.82, 2.24) is 4.98 Å². The van der Waals surface area contributed by atoms with Gasteiger partial charge in [-0.05, 0) is 59.6 Å². The molecule has 3 rings (SSSR count). The summed E-state index contributed by atoms with van der Waals surface area (Å²) in [5, 5.41) is 0.589. The van der Waals surface area contributed by atoms with Crippen molar-refractivity contribution in [2.75, 3.05) is 0 Å². The minimum absolute atomic E-state index is 0.0643. The van der Waals surface area contributed by atoms with Gasteiger partial charge in [0.05, 0.1) is 4.47 Å². The molecular weight excluding hydrogens is 402 g/mol. The summed E-state index contributed by atoms with van der Waals surface area (Å²) < 4.78 is 0.523. The summed E-state index contributed by atoms with van der Waals surface area (Å²) in [5.41, 5.74) is 4.03. The first-order chi connectivity index (χ1) is 11.9. The predicted molar refractivity (Wildman–Crippen MR) is 105 cm³/mol. The zero-order chi connectivity index (χ0) is 18.1. The number of carbonyl (C=O) groups excluding carboxylic acids is 1. The third kappa shape index (κ3) is 3.46. The lowest BCUT2D eigenvalue weighted by molar-refractivity contribution is 0.103. The van der Waals surface area contributed by atoms with Crippen molar-refractivity contribution in [3.8, 4) is 11.1 Å². The van der Waals surface area contributed by atoms with Crippen LogP contribution in [0.25, 0.3) is 11.1 Å². The second-order valence-electron chi connectivity index (χ2n) is 5.81. The molecule has 1 N–H and O–H groups in total. The van der Waals surface area contributed by atoms with Gasteiger partial charge < -0.3 is 4.98 Å². The second kappa shape index (κ2) is 6.98. The van der Waals surface area contributed by atoms with Gasteiger partial charge in [0.25, 0.3) is 0 Å². The average molecular weight is 417 g/mol. The third-order valence-corrected chi connectivity index (χ3v) is 5.25. The number of carbonyl (C=O) groups is 1. The van der Waals surface area contributed by atoms with Crippen LogP contribution in [0.3, 0.4) is 0 Å². The van der Waals surface area contributed by atoms with E-state index >= 15 is 0 Å². The largest absolute Gasteiger partial charge is 0.361 e. The molecule has 0 aliphatic carbocycles. The van der Waals surface area contributed by atoms with Gasteiger partial charge in [-0.25, -0.2) is 0 Å². The summed E-state index contributed by atoms with van der Waals surface area (Å²) in [6.07, 6.45) is 0. The summed E-state index contributed by atoms with van der Waals surface area (Å²) in [6.45, 7) is 3.71. The lowest BCUT2D eigenvalue weighted by Crippen LogP contribution is -2.12. The van der Waals surface area contributed by atoms with Crippen LogP contribution in [0.15, 0.2) is 57.8 Å². The normalized spacial score (nSPS) is 10.7. The molecule has 126 valence electrons. The summed E-state index contributed by atoms with van der Waals surface area (Å²) in [7, 11) is 0. The Morgan fingerprint density at radius 1 is 0.920 bits per heavy atom. The molecule has 0 radical (unpaired) electrons. The smallest absolute Gasteiger partial charge is 0.204 e. The lowest BCUT2D eigenvalue weighted by Gasteiger charge is -2.09. The fraction of sp³-hybridized carbons (Fsp3) is 0.100. The number of H-pyrrole nitrogens is 1. The number of rotatable bonds is 3. The minimum Gasteiger partial charge on any atom is -0.361 e. The highest BCUT2D eigenvalue weighted by Gasteiger charge is 2.14. The molecule has 5 heteroatoms. The van der Waals surface area contributed by atoms with Crippen LogP contribution in [0.4, 0.5) is 0 Å². The van der Waals surface area contributed by atoms with Crippen LogP contribution in [0, 0.1) is 13.8 Å². The van der Waals surface area contributed by atoms with Gasteiger partial charge in [-0.2, -0.15) is 0 Å². The summed E-state index contributed by atoms with van der Waals surface area (Å²) in [6, 6.07) is 13.8. The van der Waals surface area contributed by atoms with Gasteiger partial charge in [-0.3, -0.25) is 9.59 Å². The molecule has 0 bridgehead atoms. The molecule has 0 atom stereocenters. The van der Waals surface area contributed by atoms with E-state index in [1.54, 1.807) is 48.5 Å². The summed E-state index contributed by atoms with van der Waals surface area (Å²) in [5.74, 6) is -0.0843. The van der Waals surface area contributed by atoms with Crippen LogP contribution in [0.2, 0.25) is 5.02 Å². The van der Waals surface area contributed by atoms with Crippen LogP contribution >= 0.6 is 27.5 Å². The number of aryl methyl sites for hydroxylation is 2. The number of ketones is 1. The van der Waals surface area contributed by atoms with Gasteiger partial charge in [0.2, 0.25) is 5.43 Å². The number of nitrogens with one attached hydrogen (secondary N) is 1. The van der Waals surface area contributed by atoms with Crippen molar-refractivity contribution in [2.24, 2.45) is 0 Å². The number of hydrogen-bond acceptors (Lipinski definition) is 2. The topological polar surface area (TPSA) is 49.9 Å². The van der Waals surface area contributed by atoms with Crippen molar-refractivity contribution >= 4 is 33.3 Å². The number of halogens is 2. The Morgan fingerprint density at radius 2 is 1.44 bits per heavy atom. The van der Waals surface area contributed by atoms with Crippen molar-refractivity contribution in [3.63, 3.8) is 0 Å². The van der Waals surface area contributed by atoms with Crippen molar-refractivity contribution in [3.05, 3.63) is 90.8 Å².